The number of amides is 2. The molecule has 11 heteroatoms. The molecule has 11 nitrogen and oxygen atoms in total. The van der Waals surface area contributed by atoms with Crippen LogP contribution in [0, 0.1) is 10.1 Å². The van der Waals surface area contributed by atoms with Gasteiger partial charge in [-0.3, -0.25) is 14.9 Å². The number of non-ortho nitro benzene ring substituents is 1. The van der Waals surface area contributed by atoms with Crippen molar-refractivity contribution in [1.82, 2.24) is 5.43 Å². The third-order valence-electron chi connectivity index (χ3n) is 3.12. The number of hydrazine groups is 1. The first-order chi connectivity index (χ1) is 12.4. The number of rotatable bonds is 4. The Morgan fingerprint density at radius 1 is 1.27 bits per heavy atom. The number of fused-ring (bicyclic) bond motifs is 1. The molecule has 138 valence electrons. The zero-order valence-corrected chi connectivity index (χ0v) is 13.9. The zero-order chi connectivity index (χ0) is 19.3. The Kier molecular flexibility index (Phi) is 5.73. The van der Waals surface area contributed by atoms with Crippen LogP contribution >= 0.6 is 0 Å². The van der Waals surface area contributed by atoms with Crippen LogP contribution < -0.4 is 15.9 Å². The van der Waals surface area contributed by atoms with Gasteiger partial charge in [0.15, 0.2) is 5.69 Å². The minimum atomic E-state index is -1.06. The minimum absolute atomic E-state index is 0.0236. The number of nitrogens with one attached hydrogen (secondary N) is 1. The van der Waals surface area contributed by atoms with E-state index in [9.17, 15) is 24.5 Å². The molecule has 0 spiro atoms. The van der Waals surface area contributed by atoms with Crippen LogP contribution in [0.3, 0.4) is 0 Å². The van der Waals surface area contributed by atoms with Gasteiger partial charge in [0.25, 0.3) is 5.69 Å². The summed E-state index contributed by atoms with van der Waals surface area (Å²) in [6.45, 7) is 3.09. The molecule has 0 aliphatic heterocycles. The molecule has 0 saturated heterocycles. The van der Waals surface area contributed by atoms with Crippen molar-refractivity contribution in [2.75, 3.05) is 18.2 Å². The summed E-state index contributed by atoms with van der Waals surface area (Å²) in [4.78, 5) is 46.6. The highest BCUT2D eigenvalue weighted by molar-refractivity contribution is 5.92. The van der Waals surface area contributed by atoms with Gasteiger partial charge in [-0.15, -0.1) is 0 Å². The van der Waals surface area contributed by atoms with Gasteiger partial charge in [-0.25, -0.2) is 15.0 Å². The van der Waals surface area contributed by atoms with Crippen LogP contribution in [-0.4, -0.2) is 30.3 Å². The third-order valence-corrected chi connectivity index (χ3v) is 3.12. The number of carbonyl (C=O) groups excluding carboxylic acids is 2. The Balaban J connectivity index is 2.55. The number of ether oxygens (including phenoxy) is 2. The van der Waals surface area contributed by atoms with Gasteiger partial charge in [0.05, 0.1) is 23.5 Å². The summed E-state index contributed by atoms with van der Waals surface area (Å²) in [5, 5.41) is 11.3. The van der Waals surface area contributed by atoms with Crippen LogP contribution in [0.5, 0.6) is 0 Å². The fourth-order valence-electron chi connectivity index (χ4n) is 2.02. The van der Waals surface area contributed by atoms with Crippen LogP contribution in [0.1, 0.15) is 13.8 Å². The predicted octanol–water partition coefficient (Wildman–Crippen LogP) is 2.33. The highest BCUT2D eigenvalue weighted by Crippen LogP contribution is 2.21. The predicted molar refractivity (Wildman–Crippen MR) is 88.8 cm³/mol. The second-order valence-electron chi connectivity index (χ2n) is 4.75. The van der Waals surface area contributed by atoms with E-state index in [1.54, 1.807) is 6.92 Å². The summed E-state index contributed by atoms with van der Waals surface area (Å²) in [5.74, 6) is 0. The number of benzene rings is 1. The van der Waals surface area contributed by atoms with E-state index < -0.39 is 28.2 Å². The Morgan fingerprint density at radius 3 is 2.58 bits per heavy atom. The van der Waals surface area contributed by atoms with E-state index in [1.807, 2.05) is 0 Å². The number of nitro benzene ring substituents is 1. The molecule has 2 rings (SSSR count). The van der Waals surface area contributed by atoms with Crippen LogP contribution in [-0.2, 0) is 9.47 Å². The van der Waals surface area contributed by atoms with Crippen LogP contribution in [0.15, 0.2) is 33.7 Å². The largest absolute Gasteiger partial charge is 0.462 e. The molecule has 0 bridgehead atoms. The van der Waals surface area contributed by atoms with Gasteiger partial charge in [0.1, 0.15) is 11.8 Å². The summed E-state index contributed by atoms with van der Waals surface area (Å²) in [7, 11) is 0. The van der Waals surface area contributed by atoms with E-state index in [0.717, 1.165) is 12.3 Å². The number of hydrogen-bond acceptors (Lipinski definition) is 8. The van der Waals surface area contributed by atoms with Gasteiger partial charge in [0, 0.05) is 12.1 Å². The number of hydrogen-bond donors (Lipinski definition) is 1. The normalized spacial score (nSPS) is 10.2. The Bertz CT molecular complexity index is 907. The second kappa shape index (κ2) is 7.96. The SMILES string of the molecule is CCOC(=O)NN(C(=O)OCC)c1coc2ccc([N+](=O)[O-])cc2c1=O. The molecule has 0 unspecified atom stereocenters. The summed E-state index contributed by atoms with van der Waals surface area (Å²) < 4.78 is 14.7. The molecule has 2 aromatic rings. The molecule has 0 saturated carbocycles. The molecule has 1 N–H and O–H groups in total. The lowest BCUT2D eigenvalue weighted by Gasteiger charge is -2.20. The van der Waals surface area contributed by atoms with Crippen molar-refractivity contribution >= 4 is 34.5 Å². The van der Waals surface area contributed by atoms with E-state index in [-0.39, 0.29) is 29.9 Å². The van der Waals surface area contributed by atoms with Crippen molar-refractivity contribution in [2.24, 2.45) is 0 Å². The second-order valence-corrected chi connectivity index (χ2v) is 4.75. The van der Waals surface area contributed by atoms with Gasteiger partial charge in [0.2, 0.25) is 5.43 Å². The first-order valence-electron chi connectivity index (χ1n) is 7.49. The maximum Gasteiger partial charge on any atom is 0.433 e. The number of carbonyl (C=O) groups is 2. The minimum Gasteiger partial charge on any atom is -0.462 e. The number of nitrogens with zero attached hydrogens (tertiary/aromatic N) is 2. The molecule has 1 heterocycles. The van der Waals surface area contributed by atoms with Crippen molar-refractivity contribution in [1.29, 1.82) is 0 Å². The lowest BCUT2D eigenvalue weighted by atomic mass is 10.2. The van der Waals surface area contributed by atoms with Gasteiger partial charge < -0.3 is 13.9 Å². The van der Waals surface area contributed by atoms with Gasteiger partial charge in [-0.1, -0.05) is 0 Å². The van der Waals surface area contributed by atoms with E-state index in [4.69, 9.17) is 9.15 Å². The molecule has 0 aliphatic rings. The zero-order valence-electron chi connectivity index (χ0n) is 13.9. The molecule has 0 radical (unpaired) electrons. The van der Waals surface area contributed by atoms with Gasteiger partial charge >= 0.3 is 12.2 Å². The fraction of sp³-hybridized carbons (Fsp3) is 0.267. The summed E-state index contributed by atoms with van der Waals surface area (Å²) in [6, 6.07) is 3.44. The lowest BCUT2D eigenvalue weighted by Crippen LogP contribution is -2.48. The summed E-state index contributed by atoms with van der Waals surface area (Å²) >= 11 is 0. The first kappa shape index (κ1) is 18.7. The van der Waals surface area contributed by atoms with Crippen LogP contribution in [0.4, 0.5) is 21.0 Å². The molecule has 0 atom stereocenters. The average Bonchev–Trinajstić information content (AvgIpc) is 2.60. The van der Waals surface area contributed by atoms with Gasteiger partial charge in [-0.05, 0) is 19.9 Å². The molecule has 26 heavy (non-hydrogen) atoms. The number of anilines is 1. The quantitative estimate of drug-likeness (QED) is 0.642. The Hall–Kier alpha value is -3.63. The Labute approximate surface area is 146 Å². The van der Waals surface area contributed by atoms with Crippen LogP contribution in [0.25, 0.3) is 11.0 Å². The molecule has 2 amide bonds. The van der Waals surface area contributed by atoms with Crippen molar-refractivity contribution < 1.29 is 28.4 Å². The maximum atomic E-state index is 12.7. The molecular weight excluding hydrogens is 350 g/mol. The standard InChI is InChI=1S/C15H15N3O8/c1-3-24-14(20)16-17(15(21)25-4-2)11-8-26-12-6-5-9(18(22)23)7-10(12)13(11)19/h5-8H,3-4H2,1-2H3,(H,16,20). The molecule has 1 aromatic carbocycles. The van der Waals surface area contributed by atoms with Crippen molar-refractivity contribution in [3.8, 4) is 0 Å². The topological polar surface area (TPSA) is 141 Å². The van der Waals surface area contributed by atoms with E-state index in [0.29, 0.717) is 5.01 Å². The van der Waals surface area contributed by atoms with Gasteiger partial charge in [-0.2, -0.15) is 5.01 Å². The maximum absolute atomic E-state index is 12.7. The van der Waals surface area contributed by atoms with E-state index in [2.05, 4.69) is 10.2 Å². The van der Waals surface area contributed by atoms with Crippen molar-refractivity contribution in [2.45, 2.75) is 13.8 Å². The molecular formula is C15H15N3O8. The van der Waals surface area contributed by atoms with Crippen molar-refractivity contribution in [3.63, 3.8) is 0 Å². The highest BCUT2D eigenvalue weighted by Gasteiger charge is 2.25. The summed E-state index contributed by atoms with van der Waals surface area (Å²) in [6.07, 6.45) is -1.13. The molecule has 0 aliphatic carbocycles. The van der Waals surface area contributed by atoms with Crippen LogP contribution in [0.2, 0.25) is 0 Å². The summed E-state index contributed by atoms with van der Waals surface area (Å²) in [5.41, 5.74) is 0.632. The smallest absolute Gasteiger partial charge is 0.433 e. The number of nitro groups is 1. The highest BCUT2D eigenvalue weighted by atomic mass is 16.6. The third kappa shape index (κ3) is 3.88. The van der Waals surface area contributed by atoms with E-state index in [1.165, 1.54) is 19.1 Å². The van der Waals surface area contributed by atoms with E-state index >= 15 is 0 Å². The molecule has 1 aromatic heterocycles. The first-order valence-corrected chi connectivity index (χ1v) is 7.49. The average molecular weight is 365 g/mol. The fourth-order valence-corrected chi connectivity index (χ4v) is 2.02. The van der Waals surface area contributed by atoms with Crippen molar-refractivity contribution in [3.05, 3.63) is 44.8 Å². The monoisotopic (exact) mass is 365 g/mol. The Morgan fingerprint density at radius 2 is 1.96 bits per heavy atom. The lowest BCUT2D eigenvalue weighted by molar-refractivity contribution is -0.384. The molecule has 0 fully saturated rings.